The first-order valence-corrected chi connectivity index (χ1v) is 12.0. The Hall–Kier alpha value is -2.52. The van der Waals surface area contributed by atoms with Gasteiger partial charge in [0.25, 0.3) is 0 Å². The first-order chi connectivity index (χ1) is 15.6. The zero-order valence-corrected chi connectivity index (χ0v) is 19.8. The lowest BCUT2D eigenvalue weighted by Gasteiger charge is -2.37. The Kier molecular flexibility index (Phi) is 9.43. The molecule has 1 saturated carbocycles. The number of allylic oxidation sites excluding steroid dienone is 3. The van der Waals surface area contributed by atoms with Crippen LogP contribution in [-0.4, -0.2) is 17.0 Å². The van der Waals surface area contributed by atoms with Crippen molar-refractivity contribution in [3.8, 4) is 0 Å². The van der Waals surface area contributed by atoms with E-state index in [2.05, 4.69) is 19.6 Å². The first-order valence-electron chi connectivity index (χ1n) is 11.6. The lowest BCUT2D eigenvalue weighted by atomic mass is 9.79. The summed E-state index contributed by atoms with van der Waals surface area (Å²) < 4.78 is 5.73. The summed E-state index contributed by atoms with van der Waals surface area (Å²) in [5.74, 6) is 0.605. The van der Waals surface area contributed by atoms with Crippen LogP contribution in [0.5, 0.6) is 0 Å². The summed E-state index contributed by atoms with van der Waals surface area (Å²) in [6, 6.07) is 17.7. The third-order valence-electron chi connectivity index (χ3n) is 6.38. The molecule has 0 atom stereocenters. The molecule has 1 amide bonds. The predicted octanol–water partition coefficient (Wildman–Crippen LogP) is 7.95. The SMILES string of the molecule is C=CCCC(=CC)C1CCC(N(Cc2ccc(Cl)cc2)C(=O)OCc2ccccc2)CC1. The van der Waals surface area contributed by atoms with E-state index in [1.807, 2.05) is 65.6 Å². The van der Waals surface area contributed by atoms with Crippen LogP contribution in [0.1, 0.15) is 56.6 Å². The summed E-state index contributed by atoms with van der Waals surface area (Å²) in [6.07, 6.45) is 10.3. The average Bonchev–Trinajstić information content (AvgIpc) is 2.84. The monoisotopic (exact) mass is 451 g/mol. The molecule has 3 nitrogen and oxygen atoms in total. The Bertz CT molecular complexity index is 883. The number of amides is 1. The smallest absolute Gasteiger partial charge is 0.410 e. The largest absolute Gasteiger partial charge is 0.445 e. The molecule has 0 heterocycles. The van der Waals surface area contributed by atoms with E-state index in [4.69, 9.17) is 16.3 Å². The number of hydrogen-bond donors (Lipinski definition) is 0. The van der Waals surface area contributed by atoms with Gasteiger partial charge in [0, 0.05) is 17.6 Å². The fraction of sp³-hybridized carbons (Fsp3) is 0.393. The molecule has 2 aromatic carbocycles. The molecule has 2 aromatic rings. The van der Waals surface area contributed by atoms with E-state index >= 15 is 0 Å². The number of nitrogens with zero attached hydrogens (tertiary/aromatic N) is 1. The lowest BCUT2D eigenvalue weighted by Crippen LogP contribution is -2.42. The van der Waals surface area contributed by atoms with Crippen molar-refractivity contribution in [2.24, 2.45) is 5.92 Å². The predicted molar refractivity (Wildman–Crippen MR) is 133 cm³/mol. The summed E-state index contributed by atoms with van der Waals surface area (Å²) in [4.78, 5) is 15.1. The van der Waals surface area contributed by atoms with Crippen molar-refractivity contribution in [1.29, 1.82) is 0 Å². The molecule has 1 aliphatic carbocycles. The van der Waals surface area contributed by atoms with Crippen LogP contribution in [0.2, 0.25) is 5.02 Å². The van der Waals surface area contributed by atoms with E-state index in [0.717, 1.165) is 49.7 Å². The molecule has 1 fully saturated rings. The number of ether oxygens (including phenoxy) is 1. The van der Waals surface area contributed by atoms with Gasteiger partial charge in [-0.25, -0.2) is 4.79 Å². The van der Waals surface area contributed by atoms with E-state index < -0.39 is 0 Å². The number of carbonyl (C=O) groups excluding carboxylic acids is 1. The van der Waals surface area contributed by atoms with Crippen LogP contribution in [0, 0.1) is 5.92 Å². The average molecular weight is 452 g/mol. The summed E-state index contributed by atoms with van der Waals surface area (Å²) in [5, 5.41) is 0.700. The van der Waals surface area contributed by atoms with Gasteiger partial charge in [0.2, 0.25) is 0 Å². The highest BCUT2D eigenvalue weighted by Crippen LogP contribution is 2.35. The fourth-order valence-electron chi connectivity index (χ4n) is 4.54. The highest BCUT2D eigenvalue weighted by molar-refractivity contribution is 6.30. The van der Waals surface area contributed by atoms with Crippen LogP contribution in [0.15, 0.2) is 78.9 Å². The van der Waals surface area contributed by atoms with Gasteiger partial charge in [-0.05, 0) is 74.6 Å². The van der Waals surface area contributed by atoms with Crippen molar-refractivity contribution in [2.45, 2.75) is 64.6 Å². The number of rotatable bonds is 9. The maximum atomic E-state index is 13.2. The van der Waals surface area contributed by atoms with Crippen molar-refractivity contribution in [1.82, 2.24) is 4.90 Å². The highest BCUT2D eigenvalue weighted by Gasteiger charge is 2.31. The van der Waals surface area contributed by atoms with Crippen molar-refractivity contribution >= 4 is 17.7 Å². The number of carbonyl (C=O) groups is 1. The van der Waals surface area contributed by atoms with Crippen LogP contribution in [0.3, 0.4) is 0 Å². The molecule has 0 saturated heterocycles. The maximum Gasteiger partial charge on any atom is 0.410 e. The molecule has 0 aliphatic heterocycles. The van der Waals surface area contributed by atoms with E-state index in [9.17, 15) is 4.79 Å². The topological polar surface area (TPSA) is 29.5 Å². The maximum absolute atomic E-state index is 13.2. The molecule has 32 heavy (non-hydrogen) atoms. The van der Waals surface area contributed by atoms with Gasteiger partial charge in [0.05, 0.1) is 0 Å². The molecule has 3 rings (SSSR count). The third kappa shape index (κ3) is 7.00. The van der Waals surface area contributed by atoms with Gasteiger partial charge in [0.15, 0.2) is 0 Å². The normalized spacial score (nSPS) is 18.8. The quantitative estimate of drug-likeness (QED) is 0.362. The minimum atomic E-state index is -0.245. The standard InChI is InChI=1S/C28H34ClNO2/c1-3-5-11-24(4-2)25-14-18-27(19-15-25)30(20-22-12-16-26(29)17-13-22)28(31)32-21-23-9-7-6-8-10-23/h3-4,6-10,12-13,16-17,25,27H,1,5,11,14-15,18-21H2,2H3. The lowest BCUT2D eigenvalue weighted by molar-refractivity contribution is 0.0652. The summed E-state index contributed by atoms with van der Waals surface area (Å²) >= 11 is 6.06. The first kappa shape index (κ1) is 24.1. The second kappa shape index (κ2) is 12.5. The Morgan fingerprint density at radius 2 is 1.75 bits per heavy atom. The third-order valence-corrected chi connectivity index (χ3v) is 6.63. The molecule has 4 heteroatoms. The molecular formula is C28H34ClNO2. The van der Waals surface area contributed by atoms with Gasteiger partial charge in [-0.1, -0.05) is 71.8 Å². The van der Waals surface area contributed by atoms with Crippen LogP contribution in [-0.2, 0) is 17.9 Å². The van der Waals surface area contributed by atoms with Gasteiger partial charge in [-0.2, -0.15) is 0 Å². The Labute approximate surface area is 197 Å². The van der Waals surface area contributed by atoms with Gasteiger partial charge < -0.3 is 9.64 Å². The molecular weight excluding hydrogens is 418 g/mol. The molecule has 0 spiro atoms. The Morgan fingerprint density at radius 3 is 2.38 bits per heavy atom. The molecule has 0 radical (unpaired) electrons. The van der Waals surface area contributed by atoms with Gasteiger partial charge >= 0.3 is 6.09 Å². The van der Waals surface area contributed by atoms with Crippen molar-refractivity contribution in [2.75, 3.05) is 0 Å². The highest BCUT2D eigenvalue weighted by atomic mass is 35.5. The second-order valence-electron chi connectivity index (χ2n) is 8.49. The van der Waals surface area contributed by atoms with E-state index in [1.54, 1.807) is 0 Å². The van der Waals surface area contributed by atoms with Crippen LogP contribution in [0.25, 0.3) is 0 Å². The summed E-state index contributed by atoms with van der Waals surface area (Å²) in [5.41, 5.74) is 3.59. The summed E-state index contributed by atoms with van der Waals surface area (Å²) in [6.45, 7) is 6.82. The zero-order chi connectivity index (χ0) is 22.8. The van der Waals surface area contributed by atoms with Crippen LogP contribution in [0.4, 0.5) is 4.79 Å². The molecule has 0 N–H and O–H groups in total. The molecule has 1 aliphatic rings. The number of hydrogen-bond acceptors (Lipinski definition) is 2. The molecule has 0 unspecified atom stereocenters. The summed E-state index contributed by atoms with van der Waals surface area (Å²) in [7, 11) is 0. The Morgan fingerprint density at radius 1 is 1.06 bits per heavy atom. The van der Waals surface area contributed by atoms with Gasteiger partial charge in [-0.3, -0.25) is 0 Å². The zero-order valence-electron chi connectivity index (χ0n) is 19.0. The van der Waals surface area contributed by atoms with Crippen molar-refractivity contribution in [3.63, 3.8) is 0 Å². The van der Waals surface area contributed by atoms with Crippen molar-refractivity contribution in [3.05, 3.63) is 95.1 Å². The molecule has 0 bridgehead atoms. The fourth-order valence-corrected chi connectivity index (χ4v) is 4.67. The van der Waals surface area contributed by atoms with Crippen LogP contribution >= 0.6 is 11.6 Å². The minimum absolute atomic E-state index is 0.183. The molecule has 0 aromatic heterocycles. The number of benzene rings is 2. The van der Waals surface area contributed by atoms with Crippen LogP contribution < -0.4 is 0 Å². The van der Waals surface area contributed by atoms with E-state index in [0.29, 0.717) is 17.5 Å². The minimum Gasteiger partial charge on any atom is -0.445 e. The molecule has 170 valence electrons. The second-order valence-corrected chi connectivity index (χ2v) is 8.93. The Balaban J connectivity index is 1.67. The van der Waals surface area contributed by atoms with E-state index in [-0.39, 0.29) is 18.7 Å². The van der Waals surface area contributed by atoms with E-state index in [1.165, 1.54) is 5.57 Å². The number of halogens is 1. The van der Waals surface area contributed by atoms with Gasteiger partial charge in [0.1, 0.15) is 6.61 Å². The van der Waals surface area contributed by atoms with Crippen molar-refractivity contribution < 1.29 is 9.53 Å². The van der Waals surface area contributed by atoms with Gasteiger partial charge in [-0.15, -0.1) is 6.58 Å².